The van der Waals surface area contributed by atoms with Crippen LogP contribution in [-0.2, 0) is 0 Å². The van der Waals surface area contributed by atoms with E-state index in [1.54, 1.807) is 11.3 Å². The minimum Gasteiger partial charge on any atom is -0.395 e. The number of nitrogens with two attached hydrogens (primary N) is 1. The van der Waals surface area contributed by atoms with Crippen molar-refractivity contribution in [3.63, 3.8) is 0 Å². The Morgan fingerprint density at radius 2 is 2.22 bits per heavy atom. The molecule has 1 aromatic heterocycles. The van der Waals surface area contributed by atoms with Crippen LogP contribution in [0.3, 0.4) is 0 Å². The average Bonchev–Trinajstić information content (AvgIpc) is 3.26. The van der Waals surface area contributed by atoms with Gasteiger partial charge in [0.05, 0.1) is 21.6 Å². The van der Waals surface area contributed by atoms with Gasteiger partial charge >= 0.3 is 0 Å². The van der Waals surface area contributed by atoms with E-state index in [0.717, 1.165) is 29.4 Å². The van der Waals surface area contributed by atoms with Crippen LogP contribution in [0.4, 0.5) is 11.4 Å². The highest BCUT2D eigenvalue weighted by molar-refractivity contribution is 7.16. The zero-order chi connectivity index (χ0) is 12.2. The van der Waals surface area contributed by atoms with Gasteiger partial charge in [-0.2, -0.15) is 0 Å². The first-order valence-corrected chi connectivity index (χ1v) is 7.52. The van der Waals surface area contributed by atoms with Crippen molar-refractivity contribution < 1.29 is 0 Å². The van der Waals surface area contributed by atoms with E-state index >= 15 is 0 Å². The standard InChI is InChI=1S/C14H17N3S/c15-12-10(3-4-11-13(12)17-8-18-11)16-7-14(5-6-14)9-1-2-9/h3-4,8-9,16H,1-2,5-7,15H2. The van der Waals surface area contributed by atoms with Gasteiger partial charge in [-0.25, -0.2) is 4.98 Å². The Balaban J connectivity index is 1.57. The second-order valence-electron chi connectivity index (χ2n) is 5.72. The van der Waals surface area contributed by atoms with E-state index in [2.05, 4.69) is 22.4 Å². The smallest absolute Gasteiger partial charge is 0.106 e. The lowest BCUT2D eigenvalue weighted by Crippen LogP contribution is -2.18. The number of rotatable bonds is 4. The van der Waals surface area contributed by atoms with Crippen molar-refractivity contribution in [1.29, 1.82) is 0 Å². The molecule has 18 heavy (non-hydrogen) atoms. The molecule has 1 aromatic carbocycles. The summed E-state index contributed by atoms with van der Waals surface area (Å²) in [6.07, 6.45) is 5.65. The third-order valence-corrected chi connectivity index (χ3v) is 5.30. The van der Waals surface area contributed by atoms with E-state index in [9.17, 15) is 0 Å². The van der Waals surface area contributed by atoms with Gasteiger partial charge in [-0.1, -0.05) is 0 Å². The van der Waals surface area contributed by atoms with Crippen molar-refractivity contribution >= 4 is 32.9 Å². The van der Waals surface area contributed by atoms with Crippen molar-refractivity contribution in [2.24, 2.45) is 11.3 Å². The highest BCUT2D eigenvalue weighted by Gasteiger charge is 2.53. The van der Waals surface area contributed by atoms with Gasteiger partial charge < -0.3 is 11.1 Å². The summed E-state index contributed by atoms with van der Waals surface area (Å²) >= 11 is 1.64. The number of nitrogens with zero attached hydrogens (tertiary/aromatic N) is 1. The van der Waals surface area contributed by atoms with Crippen molar-refractivity contribution in [1.82, 2.24) is 4.98 Å². The highest BCUT2D eigenvalue weighted by Crippen LogP contribution is 2.61. The summed E-state index contributed by atoms with van der Waals surface area (Å²) in [7, 11) is 0. The van der Waals surface area contributed by atoms with E-state index in [1.807, 2.05) is 5.51 Å². The number of fused-ring (bicyclic) bond motifs is 1. The number of hydrogen-bond acceptors (Lipinski definition) is 4. The number of anilines is 2. The van der Waals surface area contributed by atoms with Crippen molar-refractivity contribution in [2.45, 2.75) is 25.7 Å². The number of hydrogen-bond donors (Lipinski definition) is 2. The molecule has 94 valence electrons. The molecule has 0 spiro atoms. The molecule has 0 bridgehead atoms. The summed E-state index contributed by atoms with van der Waals surface area (Å²) in [6.45, 7) is 1.08. The Morgan fingerprint density at radius 1 is 1.39 bits per heavy atom. The number of nitrogens with one attached hydrogen (secondary N) is 1. The largest absolute Gasteiger partial charge is 0.395 e. The Morgan fingerprint density at radius 3 is 2.94 bits per heavy atom. The van der Waals surface area contributed by atoms with Crippen LogP contribution in [0.15, 0.2) is 17.6 Å². The molecular weight excluding hydrogens is 242 g/mol. The van der Waals surface area contributed by atoms with Crippen molar-refractivity contribution in [2.75, 3.05) is 17.6 Å². The summed E-state index contributed by atoms with van der Waals surface area (Å²) in [6, 6.07) is 4.21. The van der Waals surface area contributed by atoms with Gasteiger partial charge in [-0.05, 0) is 49.1 Å². The van der Waals surface area contributed by atoms with E-state index in [-0.39, 0.29) is 0 Å². The Hall–Kier alpha value is -1.29. The third-order valence-electron chi connectivity index (χ3n) is 4.51. The maximum atomic E-state index is 6.19. The molecule has 2 aliphatic rings. The normalized spacial score (nSPS) is 21.1. The summed E-state index contributed by atoms with van der Waals surface area (Å²) in [5, 5.41) is 3.56. The predicted molar refractivity (Wildman–Crippen MR) is 76.9 cm³/mol. The molecule has 1 heterocycles. The third kappa shape index (κ3) is 1.59. The van der Waals surface area contributed by atoms with E-state index < -0.39 is 0 Å². The zero-order valence-electron chi connectivity index (χ0n) is 10.3. The van der Waals surface area contributed by atoms with Crippen LogP contribution in [0.2, 0.25) is 0 Å². The molecule has 2 saturated carbocycles. The van der Waals surface area contributed by atoms with Crippen LogP contribution in [0, 0.1) is 11.3 Å². The molecule has 0 aliphatic heterocycles. The van der Waals surface area contributed by atoms with Crippen LogP contribution in [-0.4, -0.2) is 11.5 Å². The van der Waals surface area contributed by atoms with Gasteiger partial charge in [0.1, 0.15) is 5.52 Å². The average molecular weight is 259 g/mol. The number of thiazole rings is 1. The molecular formula is C14H17N3S. The molecule has 2 aromatic rings. The molecule has 3 nitrogen and oxygen atoms in total. The Bertz CT molecular complexity index is 596. The topological polar surface area (TPSA) is 50.9 Å². The van der Waals surface area contributed by atoms with E-state index in [0.29, 0.717) is 5.41 Å². The highest BCUT2D eigenvalue weighted by atomic mass is 32.1. The lowest BCUT2D eigenvalue weighted by molar-refractivity contribution is 0.467. The molecule has 4 rings (SSSR count). The minimum absolute atomic E-state index is 0.601. The van der Waals surface area contributed by atoms with Gasteiger partial charge in [-0.3, -0.25) is 0 Å². The quantitative estimate of drug-likeness (QED) is 0.826. The van der Waals surface area contributed by atoms with Crippen LogP contribution in [0.25, 0.3) is 10.2 Å². The summed E-state index contributed by atoms with van der Waals surface area (Å²) in [4.78, 5) is 4.34. The monoisotopic (exact) mass is 259 g/mol. The molecule has 2 fully saturated rings. The van der Waals surface area contributed by atoms with Crippen molar-refractivity contribution in [3.05, 3.63) is 17.6 Å². The number of aromatic nitrogens is 1. The molecule has 2 aliphatic carbocycles. The summed E-state index contributed by atoms with van der Waals surface area (Å²) in [5.41, 5.74) is 11.5. The van der Waals surface area contributed by atoms with Crippen LogP contribution < -0.4 is 11.1 Å². The van der Waals surface area contributed by atoms with Crippen LogP contribution in [0.1, 0.15) is 25.7 Å². The first-order chi connectivity index (χ1) is 8.78. The molecule has 3 N–H and O–H groups in total. The second kappa shape index (κ2) is 3.60. The fourth-order valence-electron chi connectivity index (χ4n) is 2.96. The molecule has 4 heteroatoms. The van der Waals surface area contributed by atoms with Crippen LogP contribution in [0.5, 0.6) is 0 Å². The molecule has 0 unspecified atom stereocenters. The fraction of sp³-hybridized carbons (Fsp3) is 0.500. The van der Waals surface area contributed by atoms with Gasteiger partial charge in [0.2, 0.25) is 0 Å². The molecule has 0 atom stereocenters. The Kier molecular flexibility index (Phi) is 2.13. The molecule has 0 amide bonds. The molecule has 0 saturated heterocycles. The first-order valence-electron chi connectivity index (χ1n) is 6.64. The van der Waals surface area contributed by atoms with Gasteiger partial charge in [0.25, 0.3) is 0 Å². The summed E-state index contributed by atoms with van der Waals surface area (Å²) < 4.78 is 1.17. The zero-order valence-corrected chi connectivity index (χ0v) is 11.1. The van der Waals surface area contributed by atoms with Crippen LogP contribution >= 0.6 is 11.3 Å². The predicted octanol–water partition coefficient (Wildman–Crippen LogP) is 3.48. The lowest BCUT2D eigenvalue weighted by atomic mass is 10.0. The van der Waals surface area contributed by atoms with Gasteiger partial charge in [0.15, 0.2) is 0 Å². The first kappa shape index (κ1) is 10.6. The maximum Gasteiger partial charge on any atom is 0.106 e. The van der Waals surface area contributed by atoms with E-state index in [1.165, 1.54) is 30.4 Å². The molecule has 0 radical (unpaired) electrons. The lowest BCUT2D eigenvalue weighted by Gasteiger charge is -2.17. The maximum absolute atomic E-state index is 6.19. The number of nitrogen functional groups attached to an aromatic ring is 1. The second-order valence-corrected chi connectivity index (χ2v) is 6.60. The fourth-order valence-corrected chi connectivity index (χ4v) is 3.66. The number of benzene rings is 1. The van der Waals surface area contributed by atoms with Crippen molar-refractivity contribution in [3.8, 4) is 0 Å². The SMILES string of the molecule is Nc1c(NCC2(C3CC3)CC2)ccc2scnc12. The van der Waals surface area contributed by atoms with E-state index in [4.69, 9.17) is 5.73 Å². The summed E-state index contributed by atoms with van der Waals surface area (Å²) in [5.74, 6) is 0.981. The minimum atomic E-state index is 0.601. The van der Waals surface area contributed by atoms with Gasteiger partial charge in [-0.15, -0.1) is 11.3 Å². The Labute approximate surface area is 110 Å². The van der Waals surface area contributed by atoms with Gasteiger partial charge in [0, 0.05) is 6.54 Å².